The second-order valence-electron chi connectivity index (χ2n) is 4.67. The summed E-state index contributed by atoms with van der Waals surface area (Å²) in [5.41, 5.74) is 2.37. The molecule has 100 valence electrons. The Hall–Kier alpha value is -2.10. The molecule has 0 unspecified atom stereocenters. The molecule has 0 spiro atoms. The molecule has 1 N–H and O–H groups in total. The van der Waals surface area contributed by atoms with Gasteiger partial charge in [-0.05, 0) is 50.1 Å². The summed E-state index contributed by atoms with van der Waals surface area (Å²) in [6.07, 6.45) is 5.55. The first-order valence-electron chi connectivity index (χ1n) is 6.42. The maximum atomic E-state index is 5.72. The molecule has 0 atom stereocenters. The van der Waals surface area contributed by atoms with Crippen molar-refractivity contribution in [1.29, 1.82) is 0 Å². The van der Waals surface area contributed by atoms with E-state index >= 15 is 0 Å². The number of aromatic nitrogens is 2. The van der Waals surface area contributed by atoms with E-state index < -0.39 is 0 Å². The smallest absolute Gasteiger partial charge is 0.169 e. The van der Waals surface area contributed by atoms with Crippen LogP contribution in [0.25, 0.3) is 0 Å². The number of nitrogens with one attached hydrogen (secondary N) is 1. The molecule has 0 amide bonds. The van der Waals surface area contributed by atoms with E-state index in [2.05, 4.69) is 22.2 Å². The zero-order valence-corrected chi connectivity index (χ0v) is 11.6. The topological polar surface area (TPSA) is 47.0 Å². The van der Waals surface area contributed by atoms with Crippen LogP contribution in [0, 0.1) is 6.92 Å². The number of aryl methyl sites for hydroxylation is 1. The first-order chi connectivity index (χ1) is 9.16. The molecular formula is C15H19N3O. The lowest BCUT2D eigenvalue weighted by atomic mass is 10.1. The van der Waals surface area contributed by atoms with E-state index in [0.29, 0.717) is 6.54 Å². The fourth-order valence-electron chi connectivity index (χ4n) is 1.73. The molecule has 0 saturated carbocycles. The van der Waals surface area contributed by atoms with E-state index in [-0.39, 0.29) is 6.10 Å². The molecule has 2 heterocycles. The van der Waals surface area contributed by atoms with Crippen LogP contribution in [0.15, 0.2) is 36.8 Å². The van der Waals surface area contributed by atoms with Crippen LogP contribution in [-0.4, -0.2) is 16.1 Å². The van der Waals surface area contributed by atoms with Crippen LogP contribution in [0.5, 0.6) is 5.75 Å². The highest BCUT2D eigenvalue weighted by Gasteiger charge is 2.06. The molecule has 4 heteroatoms. The minimum atomic E-state index is 0.130. The molecule has 4 nitrogen and oxygen atoms in total. The maximum absolute atomic E-state index is 5.72. The van der Waals surface area contributed by atoms with Crippen LogP contribution in [-0.2, 0) is 6.54 Å². The Morgan fingerprint density at radius 2 is 2.11 bits per heavy atom. The Labute approximate surface area is 113 Å². The number of anilines is 1. The van der Waals surface area contributed by atoms with E-state index in [1.54, 1.807) is 12.4 Å². The highest BCUT2D eigenvalue weighted by atomic mass is 16.5. The van der Waals surface area contributed by atoms with E-state index in [1.807, 2.05) is 38.2 Å². The first-order valence-corrected chi connectivity index (χ1v) is 6.42. The third-order valence-corrected chi connectivity index (χ3v) is 2.73. The third kappa shape index (κ3) is 3.68. The van der Waals surface area contributed by atoms with Gasteiger partial charge in [0.2, 0.25) is 0 Å². The number of nitrogens with zero attached hydrogens (tertiary/aromatic N) is 2. The van der Waals surface area contributed by atoms with Crippen molar-refractivity contribution < 1.29 is 4.74 Å². The van der Waals surface area contributed by atoms with Gasteiger partial charge >= 0.3 is 0 Å². The maximum Gasteiger partial charge on any atom is 0.169 e. The zero-order chi connectivity index (χ0) is 13.7. The summed E-state index contributed by atoms with van der Waals surface area (Å²) >= 11 is 0. The van der Waals surface area contributed by atoms with Crippen molar-refractivity contribution in [1.82, 2.24) is 9.97 Å². The van der Waals surface area contributed by atoms with Crippen molar-refractivity contribution in [3.8, 4) is 5.75 Å². The predicted molar refractivity (Wildman–Crippen MR) is 76.3 cm³/mol. The van der Waals surface area contributed by atoms with E-state index in [0.717, 1.165) is 17.1 Å². The minimum Gasteiger partial charge on any atom is -0.487 e. The molecule has 0 aliphatic heterocycles. The van der Waals surface area contributed by atoms with Crippen molar-refractivity contribution in [3.63, 3.8) is 0 Å². The van der Waals surface area contributed by atoms with Gasteiger partial charge in [-0.2, -0.15) is 0 Å². The number of ether oxygens (including phenoxy) is 1. The molecule has 0 saturated heterocycles. The normalized spacial score (nSPS) is 10.5. The fraction of sp³-hybridized carbons (Fsp3) is 0.333. The number of rotatable bonds is 5. The van der Waals surface area contributed by atoms with Crippen molar-refractivity contribution in [2.24, 2.45) is 0 Å². The van der Waals surface area contributed by atoms with E-state index in [9.17, 15) is 0 Å². The van der Waals surface area contributed by atoms with Gasteiger partial charge in [-0.25, -0.2) is 4.98 Å². The fourth-order valence-corrected chi connectivity index (χ4v) is 1.73. The summed E-state index contributed by atoms with van der Waals surface area (Å²) in [6, 6.07) is 5.80. The summed E-state index contributed by atoms with van der Waals surface area (Å²) in [4.78, 5) is 8.46. The van der Waals surface area contributed by atoms with Gasteiger partial charge in [0.1, 0.15) is 0 Å². The average molecular weight is 257 g/mol. The highest BCUT2D eigenvalue weighted by molar-refractivity contribution is 5.50. The average Bonchev–Trinajstić information content (AvgIpc) is 2.39. The molecule has 2 rings (SSSR count). The second-order valence-corrected chi connectivity index (χ2v) is 4.67. The summed E-state index contributed by atoms with van der Waals surface area (Å²) in [6.45, 7) is 6.76. The van der Waals surface area contributed by atoms with Crippen LogP contribution < -0.4 is 10.1 Å². The summed E-state index contributed by atoms with van der Waals surface area (Å²) in [5.74, 6) is 1.54. The molecule has 0 aliphatic carbocycles. The second kappa shape index (κ2) is 6.18. The lowest BCUT2D eigenvalue weighted by Gasteiger charge is -2.14. The molecular weight excluding hydrogens is 238 g/mol. The molecule has 0 aromatic carbocycles. The molecule has 0 aliphatic rings. The van der Waals surface area contributed by atoms with Crippen molar-refractivity contribution in [2.45, 2.75) is 33.4 Å². The van der Waals surface area contributed by atoms with Gasteiger partial charge < -0.3 is 10.1 Å². The van der Waals surface area contributed by atoms with Gasteiger partial charge in [0.15, 0.2) is 11.6 Å². The summed E-state index contributed by atoms with van der Waals surface area (Å²) in [7, 11) is 0. The SMILES string of the molecule is Cc1ccncc1CNc1ncccc1OC(C)C. The lowest BCUT2D eigenvalue weighted by molar-refractivity contribution is 0.243. The Bertz CT molecular complexity index is 540. The largest absolute Gasteiger partial charge is 0.487 e. The van der Waals surface area contributed by atoms with Crippen LogP contribution in [0.2, 0.25) is 0 Å². The van der Waals surface area contributed by atoms with E-state index in [1.165, 1.54) is 5.56 Å². The molecule has 19 heavy (non-hydrogen) atoms. The Morgan fingerprint density at radius 3 is 2.84 bits per heavy atom. The standard InChI is InChI=1S/C15H19N3O/c1-11(2)19-14-5-4-7-17-15(14)18-10-13-9-16-8-6-12(13)3/h4-9,11H,10H2,1-3H3,(H,17,18). The summed E-state index contributed by atoms with van der Waals surface area (Å²) < 4.78 is 5.72. The zero-order valence-electron chi connectivity index (χ0n) is 11.6. The minimum absolute atomic E-state index is 0.130. The van der Waals surface area contributed by atoms with E-state index in [4.69, 9.17) is 4.74 Å². The van der Waals surface area contributed by atoms with Gasteiger partial charge in [0, 0.05) is 25.1 Å². The van der Waals surface area contributed by atoms with Crippen LogP contribution in [0.4, 0.5) is 5.82 Å². The van der Waals surface area contributed by atoms with Crippen LogP contribution >= 0.6 is 0 Å². The molecule has 0 radical (unpaired) electrons. The monoisotopic (exact) mass is 257 g/mol. The summed E-state index contributed by atoms with van der Waals surface area (Å²) in [5, 5.41) is 3.30. The van der Waals surface area contributed by atoms with Gasteiger partial charge in [0.05, 0.1) is 6.10 Å². The molecule has 0 bridgehead atoms. The first kappa shape index (κ1) is 13.3. The predicted octanol–water partition coefficient (Wildman–Crippen LogP) is 3.18. The Kier molecular flexibility index (Phi) is 4.34. The van der Waals surface area contributed by atoms with Gasteiger partial charge in [0.25, 0.3) is 0 Å². The quantitative estimate of drug-likeness (QED) is 0.893. The third-order valence-electron chi connectivity index (χ3n) is 2.73. The molecule has 0 fully saturated rings. The van der Waals surface area contributed by atoms with Crippen LogP contribution in [0.3, 0.4) is 0 Å². The van der Waals surface area contributed by atoms with Crippen molar-refractivity contribution in [2.75, 3.05) is 5.32 Å². The molecule has 2 aromatic rings. The number of hydrogen-bond donors (Lipinski definition) is 1. The van der Waals surface area contributed by atoms with Gasteiger partial charge in [-0.3, -0.25) is 4.98 Å². The number of pyridine rings is 2. The van der Waals surface area contributed by atoms with Crippen molar-refractivity contribution in [3.05, 3.63) is 47.9 Å². The lowest BCUT2D eigenvalue weighted by Crippen LogP contribution is -2.10. The van der Waals surface area contributed by atoms with Gasteiger partial charge in [-0.15, -0.1) is 0 Å². The van der Waals surface area contributed by atoms with Crippen molar-refractivity contribution >= 4 is 5.82 Å². The van der Waals surface area contributed by atoms with Gasteiger partial charge in [-0.1, -0.05) is 0 Å². The molecule has 2 aromatic heterocycles. The Morgan fingerprint density at radius 1 is 1.26 bits per heavy atom. The highest BCUT2D eigenvalue weighted by Crippen LogP contribution is 2.22. The number of hydrogen-bond acceptors (Lipinski definition) is 4. The Balaban J connectivity index is 2.09. The van der Waals surface area contributed by atoms with Crippen LogP contribution in [0.1, 0.15) is 25.0 Å².